The summed E-state index contributed by atoms with van der Waals surface area (Å²) in [5, 5.41) is 10.1. The molecule has 5 nitrogen and oxygen atoms in total. The number of hydrogen-bond acceptors (Lipinski definition) is 5. The van der Waals surface area contributed by atoms with Crippen molar-refractivity contribution in [3.63, 3.8) is 0 Å². The quantitative estimate of drug-likeness (QED) is 0.773. The van der Waals surface area contributed by atoms with E-state index in [1.165, 1.54) is 0 Å². The minimum Gasteiger partial charge on any atom is -0.368 e. The summed E-state index contributed by atoms with van der Waals surface area (Å²) in [6.07, 6.45) is 0. The van der Waals surface area contributed by atoms with Crippen molar-refractivity contribution < 1.29 is 0 Å². The molecule has 0 radical (unpaired) electrons. The molecular weight excluding hydrogens is 270 g/mol. The van der Waals surface area contributed by atoms with Gasteiger partial charge in [-0.1, -0.05) is 6.07 Å². The van der Waals surface area contributed by atoms with Crippen molar-refractivity contribution in [2.45, 2.75) is 13.8 Å². The Morgan fingerprint density at radius 2 is 2.25 bits per heavy atom. The van der Waals surface area contributed by atoms with E-state index in [-0.39, 0.29) is 0 Å². The van der Waals surface area contributed by atoms with Gasteiger partial charge in [0.15, 0.2) is 5.65 Å². The summed E-state index contributed by atoms with van der Waals surface area (Å²) in [5.41, 5.74) is 9.51. The summed E-state index contributed by atoms with van der Waals surface area (Å²) in [7, 11) is 0. The van der Waals surface area contributed by atoms with Gasteiger partial charge in [-0.25, -0.2) is 4.98 Å². The highest BCUT2D eigenvalue weighted by Crippen LogP contribution is 2.27. The highest BCUT2D eigenvalue weighted by Gasteiger charge is 2.13. The van der Waals surface area contributed by atoms with Crippen LogP contribution in [0.2, 0.25) is 0 Å². The van der Waals surface area contributed by atoms with Gasteiger partial charge >= 0.3 is 0 Å². The van der Waals surface area contributed by atoms with E-state index in [0.717, 1.165) is 33.3 Å². The first-order valence-electron chi connectivity index (χ1n) is 6.55. The van der Waals surface area contributed by atoms with E-state index in [1.54, 1.807) is 11.3 Å². The molecule has 0 bridgehead atoms. The number of hydrogen-bond donors (Lipinski definition) is 2. The van der Waals surface area contributed by atoms with Crippen molar-refractivity contribution >= 4 is 22.8 Å². The van der Waals surface area contributed by atoms with Crippen LogP contribution in [0, 0.1) is 13.8 Å². The molecule has 3 rings (SSSR count). The predicted molar refractivity (Wildman–Crippen MR) is 83.3 cm³/mol. The summed E-state index contributed by atoms with van der Waals surface area (Å²) in [5.74, 6) is 0.973. The zero-order chi connectivity index (χ0) is 14.1. The third-order valence-electron chi connectivity index (χ3n) is 3.29. The Kier molecular flexibility index (Phi) is 3.42. The smallest absolute Gasteiger partial charge is 0.158 e. The molecule has 0 saturated heterocycles. The predicted octanol–water partition coefficient (Wildman–Crippen LogP) is 2.45. The van der Waals surface area contributed by atoms with Crippen LogP contribution in [0.4, 0.5) is 5.82 Å². The SMILES string of the molecule is Cc1nc2cc(-c3cccs3)nn2c(NCCN)c1C. The molecule has 3 aromatic rings. The lowest BCUT2D eigenvalue weighted by molar-refractivity contribution is 0.899. The zero-order valence-corrected chi connectivity index (χ0v) is 12.4. The molecule has 0 saturated carbocycles. The first-order valence-corrected chi connectivity index (χ1v) is 7.43. The molecule has 0 aliphatic rings. The Balaban J connectivity index is 2.17. The number of nitrogens with one attached hydrogen (secondary N) is 1. The second-order valence-corrected chi connectivity index (χ2v) is 5.61. The van der Waals surface area contributed by atoms with Gasteiger partial charge in [0.25, 0.3) is 0 Å². The molecular formula is C14H17N5S. The van der Waals surface area contributed by atoms with Crippen LogP contribution in [-0.2, 0) is 0 Å². The summed E-state index contributed by atoms with van der Waals surface area (Å²) < 4.78 is 1.87. The maximum absolute atomic E-state index is 5.58. The third kappa shape index (κ3) is 2.17. The molecule has 3 aromatic heterocycles. The van der Waals surface area contributed by atoms with Crippen LogP contribution in [0.5, 0.6) is 0 Å². The van der Waals surface area contributed by atoms with Gasteiger partial charge in [0.05, 0.1) is 4.88 Å². The molecule has 104 valence electrons. The number of aromatic nitrogens is 3. The number of rotatable bonds is 4. The fourth-order valence-corrected chi connectivity index (χ4v) is 2.83. The number of fused-ring (bicyclic) bond motifs is 1. The van der Waals surface area contributed by atoms with Crippen LogP contribution in [0.1, 0.15) is 11.3 Å². The Bertz CT molecular complexity index is 730. The Morgan fingerprint density at radius 3 is 2.95 bits per heavy atom. The molecule has 0 spiro atoms. The molecule has 3 heterocycles. The molecule has 0 amide bonds. The average molecular weight is 287 g/mol. The average Bonchev–Trinajstić information content (AvgIpc) is 3.07. The van der Waals surface area contributed by atoms with Gasteiger partial charge in [-0.2, -0.15) is 9.61 Å². The number of anilines is 1. The lowest BCUT2D eigenvalue weighted by atomic mass is 10.2. The molecule has 0 fully saturated rings. The van der Waals surface area contributed by atoms with Crippen molar-refractivity contribution in [3.8, 4) is 10.6 Å². The zero-order valence-electron chi connectivity index (χ0n) is 11.6. The fourth-order valence-electron chi connectivity index (χ4n) is 2.14. The Labute approximate surface area is 121 Å². The monoisotopic (exact) mass is 287 g/mol. The molecule has 6 heteroatoms. The van der Waals surface area contributed by atoms with Gasteiger partial charge in [0, 0.05) is 30.4 Å². The highest BCUT2D eigenvalue weighted by molar-refractivity contribution is 7.13. The van der Waals surface area contributed by atoms with Crippen LogP contribution < -0.4 is 11.1 Å². The van der Waals surface area contributed by atoms with Crippen molar-refractivity contribution in [1.82, 2.24) is 14.6 Å². The summed E-state index contributed by atoms with van der Waals surface area (Å²) >= 11 is 1.68. The maximum Gasteiger partial charge on any atom is 0.158 e. The van der Waals surface area contributed by atoms with Crippen LogP contribution >= 0.6 is 11.3 Å². The number of thiophene rings is 1. The molecule has 0 aliphatic carbocycles. The van der Waals surface area contributed by atoms with Gasteiger partial charge in [0.1, 0.15) is 11.5 Å². The van der Waals surface area contributed by atoms with Gasteiger partial charge in [-0.05, 0) is 25.3 Å². The van der Waals surface area contributed by atoms with E-state index in [9.17, 15) is 0 Å². The molecule has 0 aromatic carbocycles. The van der Waals surface area contributed by atoms with Crippen LogP contribution in [0.3, 0.4) is 0 Å². The summed E-state index contributed by atoms with van der Waals surface area (Å²) in [4.78, 5) is 5.76. The number of nitrogens with two attached hydrogens (primary N) is 1. The molecule has 0 unspecified atom stereocenters. The lowest BCUT2D eigenvalue weighted by Crippen LogP contribution is -2.17. The van der Waals surface area contributed by atoms with Crippen LogP contribution in [-0.4, -0.2) is 27.7 Å². The Morgan fingerprint density at radius 1 is 1.40 bits per heavy atom. The van der Waals surface area contributed by atoms with Crippen molar-refractivity contribution in [2.24, 2.45) is 5.73 Å². The lowest BCUT2D eigenvalue weighted by Gasteiger charge is -2.12. The van der Waals surface area contributed by atoms with Gasteiger partial charge in [-0.3, -0.25) is 0 Å². The van der Waals surface area contributed by atoms with E-state index < -0.39 is 0 Å². The Hall–Kier alpha value is -1.92. The standard InChI is InChI=1S/C14H17N5S/c1-9-10(2)17-13-8-11(12-4-3-7-20-12)18-19(13)14(9)16-6-5-15/h3-4,7-8,16H,5-6,15H2,1-2H3. The maximum atomic E-state index is 5.58. The largest absolute Gasteiger partial charge is 0.368 e. The normalized spacial score (nSPS) is 11.2. The van der Waals surface area contributed by atoms with Gasteiger partial charge in [-0.15, -0.1) is 11.3 Å². The van der Waals surface area contributed by atoms with E-state index in [2.05, 4.69) is 26.8 Å². The van der Waals surface area contributed by atoms with E-state index >= 15 is 0 Å². The second-order valence-electron chi connectivity index (χ2n) is 4.66. The van der Waals surface area contributed by atoms with Gasteiger partial charge < -0.3 is 11.1 Å². The van der Waals surface area contributed by atoms with Gasteiger partial charge in [0.2, 0.25) is 0 Å². The second kappa shape index (κ2) is 5.22. The summed E-state index contributed by atoms with van der Waals surface area (Å²) in [6, 6.07) is 6.12. The minimum atomic E-state index is 0.585. The molecule has 0 aliphatic heterocycles. The van der Waals surface area contributed by atoms with Crippen molar-refractivity contribution in [3.05, 3.63) is 34.8 Å². The van der Waals surface area contributed by atoms with Crippen LogP contribution in [0.15, 0.2) is 23.6 Å². The molecule has 3 N–H and O–H groups in total. The van der Waals surface area contributed by atoms with Crippen LogP contribution in [0.25, 0.3) is 16.2 Å². The summed E-state index contributed by atoms with van der Waals surface area (Å²) in [6.45, 7) is 5.36. The molecule has 0 atom stereocenters. The first-order chi connectivity index (χ1) is 9.70. The van der Waals surface area contributed by atoms with E-state index in [0.29, 0.717) is 13.1 Å². The highest BCUT2D eigenvalue weighted by atomic mass is 32.1. The minimum absolute atomic E-state index is 0.585. The number of nitrogens with zero attached hydrogens (tertiary/aromatic N) is 3. The van der Waals surface area contributed by atoms with Crippen molar-refractivity contribution in [2.75, 3.05) is 18.4 Å². The van der Waals surface area contributed by atoms with E-state index in [1.807, 2.05) is 30.5 Å². The van der Waals surface area contributed by atoms with E-state index in [4.69, 9.17) is 5.73 Å². The number of aryl methyl sites for hydroxylation is 1. The van der Waals surface area contributed by atoms with Crippen molar-refractivity contribution in [1.29, 1.82) is 0 Å². The fraction of sp³-hybridized carbons (Fsp3) is 0.286. The first kappa shape index (κ1) is 13.1. The molecule has 20 heavy (non-hydrogen) atoms. The third-order valence-corrected chi connectivity index (χ3v) is 4.19. The topological polar surface area (TPSA) is 68.2 Å².